The summed E-state index contributed by atoms with van der Waals surface area (Å²) in [7, 11) is -4.21. The van der Waals surface area contributed by atoms with E-state index >= 15 is 0 Å². The van der Waals surface area contributed by atoms with Gasteiger partial charge in [-0.3, -0.25) is 0 Å². The summed E-state index contributed by atoms with van der Waals surface area (Å²) in [5, 5.41) is 4.10. The van der Waals surface area contributed by atoms with Crippen molar-refractivity contribution in [2.45, 2.75) is 20.4 Å². The molecule has 0 amide bonds. The van der Waals surface area contributed by atoms with Crippen molar-refractivity contribution >= 4 is 21.7 Å². The van der Waals surface area contributed by atoms with Crippen LogP contribution in [0.1, 0.15) is 11.3 Å². The summed E-state index contributed by atoms with van der Waals surface area (Å²) < 4.78 is 37.3. The van der Waals surface area contributed by atoms with Crippen LogP contribution in [0.2, 0.25) is 0 Å². The number of rotatable bonds is 4. The second kappa shape index (κ2) is 5.32. The minimum Gasteiger partial charge on any atom is -0.748 e. The minimum absolute atomic E-state index is 0.0623. The molecule has 0 unspecified atom stereocenters. The summed E-state index contributed by atoms with van der Waals surface area (Å²) in [6.45, 7) is 4.01. The summed E-state index contributed by atoms with van der Waals surface area (Å²) >= 11 is 1.41. The van der Waals surface area contributed by atoms with Crippen LogP contribution in [0.3, 0.4) is 0 Å². The van der Waals surface area contributed by atoms with Gasteiger partial charge in [-0.15, -0.1) is 0 Å². The zero-order valence-electron chi connectivity index (χ0n) is 10.5. The fourth-order valence-electron chi connectivity index (χ4n) is 1.54. The van der Waals surface area contributed by atoms with E-state index < -0.39 is 15.9 Å². The third-order valence-electron chi connectivity index (χ3n) is 2.76. The molecule has 6 nitrogen and oxygen atoms in total. The van der Waals surface area contributed by atoms with E-state index in [1.807, 2.05) is 19.9 Å². The maximum atomic E-state index is 10.5. The highest BCUT2D eigenvalue weighted by Crippen LogP contribution is 2.28. The molecule has 0 fully saturated rings. The minimum atomic E-state index is -4.21. The fourth-order valence-corrected chi connectivity index (χ4v) is 2.83. The standard InChI is InChI=1S/C11H13N3O3S2/c1-8-9(2)13-18-11(8)10-3-4-14(12-7-10)5-6-19(15,16)17/h3-4,7H,5-6H2,1-2H3. The quantitative estimate of drug-likeness (QED) is 0.611. The lowest BCUT2D eigenvalue weighted by Crippen LogP contribution is -2.40. The van der Waals surface area contributed by atoms with Crippen LogP contribution < -0.4 is 4.68 Å². The van der Waals surface area contributed by atoms with Gasteiger partial charge in [-0.2, -0.15) is 4.37 Å². The van der Waals surface area contributed by atoms with E-state index in [-0.39, 0.29) is 6.54 Å². The normalized spacial score (nSPS) is 11.7. The molecule has 0 bridgehead atoms. The van der Waals surface area contributed by atoms with Gasteiger partial charge >= 0.3 is 0 Å². The van der Waals surface area contributed by atoms with Gasteiger partial charge in [0.2, 0.25) is 0 Å². The van der Waals surface area contributed by atoms with E-state index in [1.165, 1.54) is 16.2 Å². The van der Waals surface area contributed by atoms with Crippen LogP contribution in [0.4, 0.5) is 0 Å². The fraction of sp³-hybridized carbons (Fsp3) is 0.364. The van der Waals surface area contributed by atoms with Crippen LogP contribution >= 0.6 is 11.5 Å². The molecule has 0 aliphatic carbocycles. The van der Waals surface area contributed by atoms with Crippen LogP contribution in [0.15, 0.2) is 18.5 Å². The molecule has 2 aromatic heterocycles. The number of hydrogen-bond acceptors (Lipinski definition) is 6. The number of hydrogen-bond donors (Lipinski definition) is 0. The van der Waals surface area contributed by atoms with Crippen molar-refractivity contribution in [2.24, 2.45) is 0 Å². The van der Waals surface area contributed by atoms with Crippen molar-refractivity contribution < 1.29 is 17.7 Å². The summed E-state index contributed by atoms with van der Waals surface area (Å²) in [6, 6.07) is 1.84. The Kier molecular flexibility index (Phi) is 3.93. The molecule has 2 rings (SSSR count). The largest absolute Gasteiger partial charge is 0.748 e. The van der Waals surface area contributed by atoms with Crippen LogP contribution in [-0.4, -0.2) is 28.2 Å². The molecule has 0 N–H and O–H groups in total. The third kappa shape index (κ3) is 3.55. The topological polar surface area (TPSA) is 86.9 Å². The number of nitrogens with zero attached hydrogens (tertiary/aromatic N) is 3. The van der Waals surface area contributed by atoms with Crippen LogP contribution in [-0.2, 0) is 16.7 Å². The van der Waals surface area contributed by atoms with E-state index in [0.29, 0.717) is 0 Å². The molecule has 0 saturated carbocycles. The predicted octanol–water partition coefficient (Wildman–Crippen LogP) is 0.655. The number of aromatic nitrogens is 3. The highest BCUT2D eigenvalue weighted by atomic mass is 32.2. The van der Waals surface area contributed by atoms with Crippen molar-refractivity contribution in [1.29, 1.82) is 0 Å². The summed E-state index contributed by atoms with van der Waals surface area (Å²) in [4.78, 5) is 1.05. The highest BCUT2D eigenvalue weighted by Gasteiger charge is 2.11. The third-order valence-corrected chi connectivity index (χ3v) is 4.53. The van der Waals surface area contributed by atoms with Gasteiger partial charge in [-0.25, -0.2) is 8.42 Å². The summed E-state index contributed by atoms with van der Waals surface area (Å²) in [5.41, 5.74) is 3.05. The zero-order chi connectivity index (χ0) is 14.0. The maximum absolute atomic E-state index is 10.5. The Morgan fingerprint density at radius 3 is 2.63 bits per heavy atom. The predicted molar refractivity (Wildman–Crippen MR) is 69.6 cm³/mol. The average Bonchev–Trinajstić information content (AvgIpc) is 2.68. The first kappa shape index (κ1) is 14.0. The van der Waals surface area contributed by atoms with Gasteiger partial charge in [0.1, 0.15) is 16.3 Å². The molecule has 0 saturated heterocycles. The molecule has 102 valence electrons. The Labute approximate surface area is 115 Å². The van der Waals surface area contributed by atoms with E-state index in [4.69, 9.17) is 0 Å². The Morgan fingerprint density at radius 1 is 1.42 bits per heavy atom. The highest BCUT2D eigenvalue weighted by molar-refractivity contribution is 7.85. The second-order valence-corrected chi connectivity index (χ2v) is 6.46. The van der Waals surface area contributed by atoms with Crippen molar-refractivity contribution in [3.05, 3.63) is 29.7 Å². The van der Waals surface area contributed by atoms with Gasteiger partial charge in [0.15, 0.2) is 12.7 Å². The first-order valence-corrected chi connectivity index (χ1v) is 7.94. The molecule has 0 aromatic carbocycles. The Bertz CT molecular complexity index is 678. The van der Waals surface area contributed by atoms with Gasteiger partial charge in [0.25, 0.3) is 0 Å². The zero-order valence-corrected chi connectivity index (χ0v) is 12.2. The van der Waals surface area contributed by atoms with Crippen LogP contribution in [0.5, 0.6) is 0 Å². The molecule has 0 spiro atoms. The van der Waals surface area contributed by atoms with Crippen molar-refractivity contribution in [3.8, 4) is 10.4 Å². The van der Waals surface area contributed by atoms with Crippen LogP contribution in [0, 0.1) is 13.8 Å². The van der Waals surface area contributed by atoms with E-state index in [2.05, 4.69) is 9.47 Å². The van der Waals surface area contributed by atoms with E-state index in [0.717, 1.165) is 21.7 Å². The van der Waals surface area contributed by atoms with Crippen LogP contribution in [0.25, 0.3) is 10.4 Å². The Hall–Kier alpha value is -1.38. The number of aryl methyl sites for hydroxylation is 2. The van der Waals surface area contributed by atoms with Gasteiger partial charge in [0, 0.05) is 11.6 Å². The first-order chi connectivity index (χ1) is 8.87. The lowest BCUT2D eigenvalue weighted by molar-refractivity contribution is -0.750. The monoisotopic (exact) mass is 299 g/mol. The first-order valence-electron chi connectivity index (χ1n) is 5.59. The van der Waals surface area contributed by atoms with E-state index in [9.17, 15) is 13.0 Å². The van der Waals surface area contributed by atoms with Gasteiger partial charge in [0.05, 0.1) is 16.3 Å². The molecule has 2 aromatic rings. The molecule has 0 aliphatic heterocycles. The molecule has 0 aliphatic rings. The van der Waals surface area contributed by atoms with Gasteiger partial charge < -0.3 is 4.55 Å². The van der Waals surface area contributed by atoms with Gasteiger partial charge in [-0.1, -0.05) is 4.68 Å². The maximum Gasteiger partial charge on any atom is 0.197 e. The molecule has 2 heterocycles. The van der Waals surface area contributed by atoms with Crippen molar-refractivity contribution in [2.75, 3.05) is 5.75 Å². The van der Waals surface area contributed by atoms with Gasteiger partial charge in [-0.05, 0) is 36.0 Å². The van der Waals surface area contributed by atoms with Crippen molar-refractivity contribution in [1.82, 2.24) is 9.47 Å². The molecular weight excluding hydrogens is 286 g/mol. The Morgan fingerprint density at radius 2 is 2.16 bits per heavy atom. The molecule has 0 radical (unpaired) electrons. The lowest BCUT2D eigenvalue weighted by atomic mass is 10.1. The summed E-state index contributed by atoms with van der Waals surface area (Å²) in [6.07, 6.45) is 3.31. The average molecular weight is 299 g/mol. The van der Waals surface area contributed by atoms with Crippen molar-refractivity contribution in [3.63, 3.8) is 0 Å². The summed E-state index contributed by atoms with van der Waals surface area (Å²) in [5.74, 6) is -0.456. The SMILES string of the molecule is Cc1nsc(-c2cc[n+](CCS(=O)(=O)[O-])nc2)c1C. The molecule has 19 heavy (non-hydrogen) atoms. The second-order valence-electron chi connectivity index (χ2n) is 4.16. The molecule has 8 heteroatoms. The molecular formula is C11H13N3O3S2. The Balaban J connectivity index is 2.17. The smallest absolute Gasteiger partial charge is 0.197 e. The lowest BCUT2D eigenvalue weighted by Gasteiger charge is -2.02. The molecule has 0 atom stereocenters. The van der Waals surface area contributed by atoms with E-state index in [1.54, 1.807) is 12.4 Å².